The molecule has 1 aliphatic heterocycles. The molecule has 0 atom stereocenters. The third-order valence-electron chi connectivity index (χ3n) is 4.03. The zero-order chi connectivity index (χ0) is 16.7. The van der Waals surface area contributed by atoms with Crippen molar-refractivity contribution in [3.05, 3.63) is 46.5 Å². The number of hydrogen-bond donors (Lipinski definition) is 2. The quantitative estimate of drug-likeness (QED) is 0.821. The molecule has 118 valence electrons. The van der Waals surface area contributed by atoms with Gasteiger partial charge in [0.15, 0.2) is 11.6 Å². The zero-order valence-electron chi connectivity index (χ0n) is 12.8. The van der Waals surface area contributed by atoms with Crippen LogP contribution in [0, 0.1) is 0 Å². The minimum Gasteiger partial charge on any atom is -0.507 e. The van der Waals surface area contributed by atoms with Crippen molar-refractivity contribution < 1.29 is 19.8 Å². The summed E-state index contributed by atoms with van der Waals surface area (Å²) in [7, 11) is 0. The van der Waals surface area contributed by atoms with E-state index in [1.807, 2.05) is 24.3 Å². The number of Topliss-reactive ketones (excluding diaryl/α,β-unsaturated/α-hetero) is 2. The van der Waals surface area contributed by atoms with Gasteiger partial charge < -0.3 is 10.2 Å². The van der Waals surface area contributed by atoms with Crippen LogP contribution in [0.25, 0.3) is 0 Å². The van der Waals surface area contributed by atoms with E-state index in [1.54, 1.807) is 0 Å². The molecule has 4 nitrogen and oxygen atoms in total. The number of benzene rings is 2. The first kappa shape index (κ1) is 15.6. The fourth-order valence-electron chi connectivity index (χ4n) is 2.94. The largest absolute Gasteiger partial charge is 0.507 e. The second-order valence-corrected chi connectivity index (χ2v) is 6.63. The van der Waals surface area contributed by atoms with E-state index in [1.165, 1.54) is 25.6 Å². The molecule has 0 aromatic heterocycles. The summed E-state index contributed by atoms with van der Waals surface area (Å²) < 4.78 is 0. The average Bonchev–Trinajstić information content (AvgIpc) is 2.66. The molecule has 0 saturated heterocycles. The van der Waals surface area contributed by atoms with Gasteiger partial charge in [-0.2, -0.15) is 0 Å². The van der Waals surface area contributed by atoms with Gasteiger partial charge in [0.2, 0.25) is 0 Å². The first-order chi connectivity index (χ1) is 10.9. The molecule has 0 aliphatic carbocycles. The van der Waals surface area contributed by atoms with Crippen LogP contribution in [-0.4, -0.2) is 21.8 Å². The van der Waals surface area contributed by atoms with Crippen molar-refractivity contribution in [1.29, 1.82) is 0 Å². The molecule has 2 aromatic carbocycles. The van der Waals surface area contributed by atoms with E-state index in [4.69, 9.17) is 0 Å². The van der Waals surface area contributed by atoms with Crippen LogP contribution >= 0.6 is 11.8 Å². The molecule has 2 aromatic rings. The summed E-state index contributed by atoms with van der Waals surface area (Å²) in [5.74, 6) is -1.42. The Balaban J connectivity index is 2.33. The standard InChI is InChI=1S/C18H16O4S/c1-9(19)14-16(21)12-8-7-11-5-3-4-6-13(11)23-18(12)15(10(2)20)17(14)22/h3-6,21-22H,7-8H2,1-2H3. The predicted octanol–water partition coefficient (Wildman–Crippen LogP) is 3.75. The van der Waals surface area contributed by atoms with Crippen LogP contribution in [0.3, 0.4) is 0 Å². The fourth-order valence-corrected chi connectivity index (χ4v) is 4.27. The normalized spacial score (nSPS) is 13.0. The highest BCUT2D eigenvalue weighted by Gasteiger charge is 2.29. The van der Waals surface area contributed by atoms with Crippen molar-refractivity contribution >= 4 is 23.3 Å². The summed E-state index contributed by atoms with van der Waals surface area (Å²) in [6.07, 6.45) is 1.20. The molecule has 0 fully saturated rings. The topological polar surface area (TPSA) is 74.6 Å². The van der Waals surface area contributed by atoms with E-state index in [0.29, 0.717) is 23.3 Å². The maximum Gasteiger partial charge on any atom is 0.167 e. The summed E-state index contributed by atoms with van der Waals surface area (Å²) in [5.41, 5.74) is 1.62. The number of aryl methyl sites for hydroxylation is 1. The molecule has 0 radical (unpaired) electrons. The number of aromatic hydroxyl groups is 2. The molecule has 0 spiro atoms. The number of phenolic OH excluding ortho intramolecular Hbond substituents is 2. The Morgan fingerprint density at radius 2 is 1.61 bits per heavy atom. The van der Waals surface area contributed by atoms with Crippen molar-refractivity contribution in [3.63, 3.8) is 0 Å². The number of hydrogen-bond acceptors (Lipinski definition) is 5. The van der Waals surface area contributed by atoms with Crippen LogP contribution in [0.15, 0.2) is 34.1 Å². The van der Waals surface area contributed by atoms with Crippen LogP contribution in [0.5, 0.6) is 11.5 Å². The highest BCUT2D eigenvalue weighted by Crippen LogP contribution is 2.48. The summed E-state index contributed by atoms with van der Waals surface area (Å²) in [6, 6.07) is 7.81. The number of rotatable bonds is 2. The summed E-state index contributed by atoms with van der Waals surface area (Å²) in [6.45, 7) is 2.62. The lowest BCUT2D eigenvalue weighted by Crippen LogP contribution is -2.06. The van der Waals surface area contributed by atoms with Crippen molar-refractivity contribution in [1.82, 2.24) is 0 Å². The molecule has 23 heavy (non-hydrogen) atoms. The second kappa shape index (κ2) is 5.74. The van der Waals surface area contributed by atoms with E-state index >= 15 is 0 Å². The molecule has 0 amide bonds. The van der Waals surface area contributed by atoms with Gasteiger partial charge in [0, 0.05) is 15.4 Å². The molecule has 1 aliphatic rings. The van der Waals surface area contributed by atoms with Gasteiger partial charge in [-0.25, -0.2) is 0 Å². The first-order valence-corrected chi connectivity index (χ1v) is 8.11. The molecule has 0 bridgehead atoms. The van der Waals surface area contributed by atoms with E-state index in [-0.39, 0.29) is 22.7 Å². The van der Waals surface area contributed by atoms with Crippen LogP contribution in [0.1, 0.15) is 45.7 Å². The molecule has 0 saturated carbocycles. The van der Waals surface area contributed by atoms with Crippen LogP contribution < -0.4 is 0 Å². The SMILES string of the molecule is CC(=O)c1c(O)c2c(c(C(C)=O)c1O)Sc1ccccc1CC2. The number of carbonyl (C=O) groups is 2. The van der Waals surface area contributed by atoms with Gasteiger partial charge in [-0.1, -0.05) is 30.0 Å². The fraction of sp³-hybridized carbons (Fsp3) is 0.222. The Bertz CT molecular complexity index is 839. The maximum absolute atomic E-state index is 12.1. The minimum absolute atomic E-state index is 0.115. The monoisotopic (exact) mass is 328 g/mol. The van der Waals surface area contributed by atoms with E-state index in [0.717, 1.165) is 10.5 Å². The van der Waals surface area contributed by atoms with Crippen LogP contribution in [-0.2, 0) is 12.8 Å². The first-order valence-electron chi connectivity index (χ1n) is 7.30. The Morgan fingerprint density at radius 1 is 0.957 bits per heavy atom. The van der Waals surface area contributed by atoms with Crippen molar-refractivity contribution in [2.75, 3.05) is 0 Å². The minimum atomic E-state index is -0.461. The smallest absolute Gasteiger partial charge is 0.167 e. The van der Waals surface area contributed by atoms with E-state index in [9.17, 15) is 19.8 Å². The lowest BCUT2D eigenvalue weighted by molar-refractivity contribution is 0.101. The molecule has 0 unspecified atom stereocenters. The van der Waals surface area contributed by atoms with Crippen LogP contribution in [0.4, 0.5) is 0 Å². The number of phenols is 2. The maximum atomic E-state index is 12.1. The van der Waals surface area contributed by atoms with E-state index < -0.39 is 11.5 Å². The van der Waals surface area contributed by atoms with Gasteiger partial charge in [-0.05, 0) is 38.3 Å². The van der Waals surface area contributed by atoms with Crippen molar-refractivity contribution in [2.24, 2.45) is 0 Å². The molecule has 5 heteroatoms. The third kappa shape index (κ3) is 2.51. The summed E-state index contributed by atoms with van der Waals surface area (Å²) >= 11 is 1.35. The predicted molar refractivity (Wildman–Crippen MR) is 87.8 cm³/mol. The van der Waals surface area contributed by atoms with Crippen molar-refractivity contribution in [3.8, 4) is 11.5 Å². The number of ketones is 2. The van der Waals surface area contributed by atoms with Gasteiger partial charge in [-0.15, -0.1) is 0 Å². The third-order valence-corrected chi connectivity index (χ3v) is 5.30. The van der Waals surface area contributed by atoms with Gasteiger partial charge in [-0.3, -0.25) is 9.59 Å². The zero-order valence-corrected chi connectivity index (χ0v) is 13.7. The number of fused-ring (bicyclic) bond motifs is 2. The highest BCUT2D eigenvalue weighted by atomic mass is 32.2. The van der Waals surface area contributed by atoms with E-state index in [2.05, 4.69) is 0 Å². The average molecular weight is 328 g/mol. The number of carbonyl (C=O) groups excluding carboxylic acids is 2. The molecular formula is C18H16O4S. The second-order valence-electron chi connectivity index (χ2n) is 5.58. The van der Waals surface area contributed by atoms with Gasteiger partial charge in [0.25, 0.3) is 0 Å². The van der Waals surface area contributed by atoms with Crippen molar-refractivity contribution in [2.45, 2.75) is 36.5 Å². The lowest BCUT2D eigenvalue weighted by Gasteiger charge is -2.17. The Hall–Kier alpha value is -2.27. The Morgan fingerprint density at radius 3 is 2.26 bits per heavy atom. The molecule has 1 heterocycles. The Labute approximate surface area is 138 Å². The van der Waals surface area contributed by atoms with Gasteiger partial charge in [0.05, 0.1) is 5.56 Å². The lowest BCUT2D eigenvalue weighted by atomic mass is 9.94. The summed E-state index contributed by atoms with van der Waals surface area (Å²) in [4.78, 5) is 25.4. The Kier molecular flexibility index (Phi) is 3.90. The highest BCUT2D eigenvalue weighted by molar-refractivity contribution is 7.99. The van der Waals surface area contributed by atoms with Crippen LogP contribution in [0.2, 0.25) is 0 Å². The van der Waals surface area contributed by atoms with Gasteiger partial charge >= 0.3 is 0 Å². The molecular weight excluding hydrogens is 312 g/mol. The van der Waals surface area contributed by atoms with Gasteiger partial charge in [0.1, 0.15) is 17.1 Å². The molecule has 2 N–H and O–H groups in total. The summed E-state index contributed by atoms with van der Waals surface area (Å²) in [5, 5.41) is 20.9. The molecule has 3 rings (SSSR count).